The minimum absolute atomic E-state index is 0.182. The summed E-state index contributed by atoms with van der Waals surface area (Å²) in [5.74, 6) is 2.17. The van der Waals surface area contributed by atoms with E-state index in [1.807, 2.05) is 13.0 Å². The van der Waals surface area contributed by atoms with E-state index in [9.17, 15) is 4.79 Å². The van der Waals surface area contributed by atoms with Crippen molar-refractivity contribution in [1.82, 2.24) is 5.32 Å². The zero-order valence-corrected chi connectivity index (χ0v) is 14.2. The Labute approximate surface area is 138 Å². The van der Waals surface area contributed by atoms with Crippen LogP contribution in [0.4, 0.5) is 0 Å². The van der Waals surface area contributed by atoms with Gasteiger partial charge in [-0.1, -0.05) is 19.3 Å². The summed E-state index contributed by atoms with van der Waals surface area (Å²) in [4.78, 5) is 12.3. The Morgan fingerprint density at radius 1 is 1.30 bits per heavy atom. The van der Waals surface area contributed by atoms with Crippen LogP contribution in [0.25, 0.3) is 0 Å². The summed E-state index contributed by atoms with van der Waals surface area (Å²) < 4.78 is 11.6. The van der Waals surface area contributed by atoms with Crippen LogP contribution in [0.15, 0.2) is 12.1 Å². The summed E-state index contributed by atoms with van der Waals surface area (Å²) in [7, 11) is 0. The average molecular weight is 317 g/mol. The van der Waals surface area contributed by atoms with Gasteiger partial charge in [-0.25, -0.2) is 0 Å². The summed E-state index contributed by atoms with van der Waals surface area (Å²) in [6.45, 7) is 5.19. The third kappa shape index (κ3) is 3.80. The first-order chi connectivity index (χ1) is 11.2. The van der Waals surface area contributed by atoms with Gasteiger partial charge in [0.1, 0.15) is 17.6 Å². The molecule has 3 rings (SSSR count). The Kier molecular flexibility index (Phi) is 5.09. The molecule has 1 aliphatic carbocycles. The highest BCUT2D eigenvalue weighted by molar-refractivity contribution is 5.78. The van der Waals surface area contributed by atoms with Gasteiger partial charge in [-0.15, -0.1) is 0 Å². The maximum Gasteiger partial charge on any atom is 0.223 e. The fraction of sp³-hybridized carbons (Fsp3) is 0.632. The topological polar surface area (TPSA) is 47.6 Å². The molecule has 1 amide bonds. The van der Waals surface area contributed by atoms with Crippen LogP contribution in [0.3, 0.4) is 0 Å². The van der Waals surface area contributed by atoms with Crippen LogP contribution in [0.2, 0.25) is 0 Å². The molecule has 0 saturated heterocycles. The van der Waals surface area contributed by atoms with Gasteiger partial charge in [-0.2, -0.15) is 0 Å². The molecule has 0 aromatic heterocycles. The van der Waals surface area contributed by atoms with Crippen molar-refractivity contribution in [3.63, 3.8) is 0 Å². The van der Waals surface area contributed by atoms with Crippen LogP contribution >= 0.6 is 0 Å². The van der Waals surface area contributed by atoms with E-state index in [2.05, 4.69) is 18.3 Å². The highest BCUT2D eigenvalue weighted by Gasteiger charge is 2.24. The number of ether oxygens (including phenoxy) is 2. The van der Waals surface area contributed by atoms with Crippen LogP contribution in [0.5, 0.6) is 11.5 Å². The van der Waals surface area contributed by atoms with Gasteiger partial charge < -0.3 is 14.8 Å². The lowest BCUT2D eigenvalue weighted by Gasteiger charge is -2.21. The summed E-state index contributed by atoms with van der Waals surface area (Å²) >= 11 is 0. The molecule has 1 aromatic carbocycles. The number of hydrogen-bond acceptors (Lipinski definition) is 3. The molecular weight excluding hydrogens is 290 g/mol. The van der Waals surface area contributed by atoms with Crippen molar-refractivity contribution in [3.8, 4) is 11.5 Å². The van der Waals surface area contributed by atoms with Crippen molar-refractivity contribution in [1.29, 1.82) is 0 Å². The number of nitrogens with one attached hydrogen (secondary N) is 1. The van der Waals surface area contributed by atoms with Crippen molar-refractivity contribution in [2.24, 2.45) is 5.92 Å². The van der Waals surface area contributed by atoms with Gasteiger partial charge in [-0.05, 0) is 38.8 Å². The van der Waals surface area contributed by atoms with Crippen LogP contribution in [-0.2, 0) is 17.8 Å². The predicted molar refractivity (Wildman–Crippen MR) is 89.8 cm³/mol. The van der Waals surface area contributed by atoms with Crippen LogP contribution in [-0.4, -0.2) is 18.6 Å². The van der Waals surface area contributed by atoms with Crippen LogP contribution < -0.4 is 14.8 Å². The fourth-order valence-corrected chi connectivity index (χ4v) is 3.60. The second-order valence-electron chi connectivity index (χ2n) is 6.69. The van der Waals surface area contributed by atoms with Gasteiger partial charge in [0.25, 0.3) is 0 Å². The molecule has 1 saturated carbocycles. The lowest BCUT2D eigenvalue weighted by molar-refractivity contribution is -0.126. The summed E-state index contributed by atoms with van der Waals surface area (Å²) in [6.07, 6.45) is 6.79. The quantitative estimate of drug-likeness (QED) is 0.902. The second-order valence-corrected chi connectivity index (χ2v) is 6.69. The minimum Gasteiger partial charge on any atom is -0.494 e. The van der Waals surface area contributed by atoms with E-state index >= 15 is 0 Å². The molecule has 2 aliphatic rings. The maximum atomic E-state index is 12.3. The van der Waals surface area contributed by atoms with Crippen molar-refractivity contribution < 1.29 is 14.3 Å². The number of carbonyl (C=O) groups is 1. The SMILES string of the molecule is CCOc1cc2c(cc1CNC(=O)C1CCCCC1)OC(C)C2. The molecule has 0 radical (unpaired) electrons. The molecule has 0 spiro atoms. The standard InChI is InChI=1S/C19H27NO3/c1-3-22-17-10-15-9-13(2)23-18(15)11-16(17)12-20-19(21)14-7-5-4-6-8-14/h10-11,13-14H,3-9,12H2,1-2H3,(H,20,21). The monoisotopic (exact) mass is 317 g/mol. The Bertz CT molecular complexity index is 564. The Hall–Kier alpha value is -1.71. The van der Waals surface area contributed by atoms with Gasteiger partial charge in [0, 0.05) is 30.0 Å². The lowest BCUT2D eigenvalue weighted by Crippen LogP contribution is -2.31. The molecule has 23 heavy (non-hydrogen) atoms. The van der Waals surface area contributed by atoms with E-state index < -0.39 is 0 Å². The fourth-order valence-electron chi connectivity index (χ4n) is 3.60. The molecule has 126 valence electrons. The Morgan fingerprint density at radius 3 is 2.83 bits per heavy atom. The molecular formula is C19H27NO3. The molecule has 1 atom stereocenters. The van der Waals surface area contributed by atoms with Crippen LogP contribution in [0, 0.1) is 5.92 Å². The highest BCUT2D eigenvalue weighted by Crippen LogP contribution is 2.35. The summed E-state index contributed by atoms with van der Waals surface area (Å²) in [6, 6.07) is 4.11. The molecule has 1 aromatic rings. The molecule has 4 heteroatoms. The third-order valence-corrected chi connectivity index (χ3v) is 4.81. The van der Waals surface area contributed by atoms with E-state index in [1.54, 1.807) is 0 Å². The number of carbonyl (C=O) groups excluding carboxylic acids is 1. The molecule has 0 bridgehead atoms. The maximum absolute atomic E-state index is 12.3. The van der Waals surface area contributed by atoms with Crippen molar-refractivity contribution >= 4 is 5.91 Å². The number of benzene rings is 1. The third-order valence-electron chi connectivity index (χ3n) is 4.81. The highest BCUT2D eigenvalue weighted by atomic mass is 16.5. The molecule has 1 N–H and O–H groups in total. The Balaban J connectivity index is 1.68. The lowest BCUT2D eigenvalue weighted by atomic mass is 9.88. The first kappa shape index (κ1) is 16.2. The smallest absolute Gasteiger partial charge is 0.223 e. The Morgan fingerprint density at radius 2 is 2.09 bits per heavy atom. The molecule has 1 fully saturated rings. The van der Waals surface area contributed by atoms with Crippen molar-refractivity contribution in [2.45, 2.75) is 65.0 Å². The molecule has 1 unspecified atom stereocenters. The van der Waals surface area contributed by atoms with E-state index in [0.717, 1.165) is 36.3 Å². The first-order valence-electron chi connectivity index (χ1n) is 8.90. The first-order valence-corrected chi connectivity index (χ1v) is 8.90. The van der Waals surface area contributed by atoms with E-state index in [0.29, 0.717) is 13.2 Å². The average Bonchev–Trinajstić information content (AvgIpc) is 2.92. The van der Waals surface area contributed by atoms with Crippen molar-refractivity contribution in [2.75, 3.05) is 6.61 Å². The molecule has 4 nitrogen and oxygen atoms in total. The van der Waals surface area contributed by atoms with Crippen molar-refractivity contribution in [3.05, 3.63) is 23.3 Å². The molecule has 1 heterocycles. The second kappa shape index (κ2) is 7.24. The summed E-state index contributed by atoms with van der Waals surface area (Å²) in [5.41, 5.74) is 2.20. The van der Waals surface area contributed by atoms with E-state index in [-0.39, 0.29) is 17.9 Å². The summed E-state index contributed by atoms with van der Waals surface area (Å²) in [5, 5.41) is 3.10. The zero-order valence-electron chi connectivity index (χ0n) is 14.2. The van der Waals surface area contributed by atoms with Gasteiger partial charge in [-0.3, -0.25) is 4.79 Å². The minimum atomic E-state index is 0.182. The number of rotatable bonds is 5. The predicted octanol–water partition coefficient (Wildman–Crippen LogP) is 3.61. The van der Waals surface area contributed by atoms with Gasteiger partial charge in [0.15, 0.2) is 0 Å². The van der Waals surface area contributed by atoms with Gasteiger partial charge in [0.05, 0.1) is 6.61 Å². The largest absolute Gasteiger partial charge is 0.494 e. The zero-order chi connectivity index (χ0) is 16.2. The normalized spacial score (nSPS) is 20.7. The van der Waals surface area contributed by atoms with Gasteiger partial charge >= 0.3 is 0 Å². The number of amides is 1. The molecule has 1 aliphatic heterocycles. The van der Waals surface area contributed by atoms with Gasteiger partial charge in [0.2, 0.25) is 5.91 Å². The van der Waals surface area contributed by atoms with Crippen LogP contribution in [0.1, 0.15) is 57.1 Å². The number of fused-ring (bicyclic) bond motifs is 1. The van der Waals surface area contributed by atoms with E-state index in [4.69, 9.17) is 9.47 Å². The number of hydrogen-bond donors (Lipinski definition) is 1. The van der Waals surface area contributed by atoms with E-state index in [1.165, 1.54) is 24.8 Å².